The van der Waals surface area contributed by atoms with Crippen molar-refractivity contribution in [2.45, 2.75) is 31.9 Å². The van der Waals surface area contributed by atoms with Crippen LogP contribution in [0.1, 0.15) is 24.8 Å². The van der Waals surface area contributed by atoms with E-state index in [1.165, 1.54) is 19.3 Å². The molecule has 0 N–H and O–H groups in total. The minimum Gasteiger partial charge on any atom is -0.496 e. The van der Waals surface area contributed by atoms with Crippen LogP contribution in [0.3, 0.4) is 0 Å². The number of fused-ring (bicyclic) bond motifs is 1. The van der Waals surface area contributed by atoms with Crippen molar-refractivity contribution >= 4 is 11.2 Å². The molecule has 0 saturated heterocycles. The van der Waals surface area contributed by atoms with Gasteiger partial charge in [0.05, 0.1) is 44.7 Å². The lowest BCUT2D eigenvalue weighted by Crippen LogP contribution is -2.37. The molecular formula is C23H29N3O4. The molecule has 3 aromatic rings. The number of ether oxygens (including phenoxy) is 4. The summed E-state index contributed by atoms with van der Waals surface area (Å²) in [5.41, 5.74) is 4.69. The van der Waals surface area contributed by atoms with Crippen LogP contribution in [0.25, 0.3) is 16.8 Å². The van der Waals surface area contributed by atoms with Crippen LogP contribution >= 0.6 is 0 Å². The van der Waals surface area contributed by atoms with Crippen molar-refractivity contribution in [2.75, 3.05) is 40.4 Å². The average Bonchev–Trinajstić information content (AvgIpc) is 3.11. The van der Waals surface area contributed by atoms with Crippen LogP contribution in [0.4, 0.5) is 5.69 Å². The lowest BCUT2D eigenvalue weighted by atomic mass is 9.91. The fourth-order valence-electron chi connectivity index (χ4n) is 4.12. The Kier molecular flexibility index (Phi) is 5.72. The largest absolute Gasteiger partial charge is 0.496 e. The van der Waals surface area contributed by atoms with Crippen molar-refractivity contribution in [3.05, 3.63) is 35.9 Å². The number of hydrogen-bond acceptors (Lipinski definition) is 6. The maximum Gasteiger partial charge on any atom is 0.257 e. The lowest BCUT2D eigenvalue weighted by Gasteiger charge is -2.35. The standard InChI is InChI=1S/C23H29N3O4/c1-25(16-8-6-9-16)22-18-11-7-10-17(26(18)24-23(22)30-5)21-19(28-3)12-15(14-27-2)13-20(21)29-4/h7,10-13,16H,6,8-9,14H2,1-5H3. The summed E-state index contributed by atoms with van der Waals surface area (Å²) in [5, 5.41) is 4.80. The van der Waals surface area contributed by atoms with Crippen LogP contribution in [0, 0.1) is 0 Å². The zero-order valence-electron chi connectivity index (χ0n) is 18.3. The Morgan fingerprint density at radius 1 is 1.03 bits per heavy atom. The highest BCUT2D eigenvalue weighted by atomic mass is 16.5. The predicted molar refractivity (Wildman–Crippen MR) is 117 cm³/mol. The van der Waals surface area contributed by atoms with Crippen LogP contribution in [-0.2, 0) is 11.3 Å². The van der Waals surface area contributed by atoms with Gasteiger partial charge in [0.2, 0.25) is 0 Å². The fraction of sp³-hybridized carbons (Fsp3) is 0.435. The topological polar surface area (TPSA) is 57.5 Å². The van der Waals surface area contributed by atoms with Crippen molar-refractivity contribution in [1.29, 1.82) is 0 Å². The van der Waals surface area contributed by atoms with E-state index in [9.17, 15) is 0 Å². The summed E-state index contributed by atoms with van der Waals surface area (Å²) >= 11 is 0. The predicted octanol–water partition coefficient (Wildman–Crippen LogP) is 4.16. The van der Waals surface area contributed by atoms with Crippen LogP contribution in [0.5, 0.6) is 17.4 Å². The summed E-state index contributed by atoms with van der Waals surface area (Å²) in [4.78, 5) is 2.30. The molecule has 2 aromatic heterocycles. The first-order chi connectivity index (χ1) is 14.6. The SMILES string of the molecule is COCc1cc(OC)c(-c2cccc3c(N(C)C4CCC4)c(OC)nn23)c(OC)c1. The van der Waals surface area contributed by atoms with E-state index < -0.39 is 0 Å². The van der Waals surface area contributed by atoms with E-state index in [1.54, 1.807) is 28.4 Å². The first kappa shape index (κ1) is 20.3. The van der Waals surface area contributed by atoms with E-state index in [4.69, 9.17) is 24.0 Å². The second kappa shape index (κ2) is 8.44. The Morgan fingerprint density at radius 2 is 1.73 bits per heavy atom. The Morgan fingerprint density at radius 3 is 2.27 bits per heavy atom. The average molecular weight is 412 g/mol. The monoisotopic (exact) mass is 411 g/mol. The summed E-state index contributed by atoms with van der Waals surface area (Å²) in [6.07, 6.45) is 3.66. The Bertz CT molecular complexity index is 1020. The van der Waals surface area contributed by atoms with Gasteiger partial charge in [-0.25, -0.2) is 4.52 Å². The first-order valence-corrected chi connectivity index (χ1v) is 10.2. The van der Waals surface area contributed by atoms with Gasteiger partial charge < -0.3 is 23.8 Å². The number of nitrogens with zero attached hydrogens (tertiary/aromatic N) is 3. The molecule has 4 rings (SSSR count). The molecule has 0 unspecified atom stereocenters. The van der Waals surface area contributed by atoms with E-state index in [-0.39, 0.29) is 0 Å². The van der Waals surface area contributed by atoms with Gasteiger partial charge in [0, 0.05) is 20.2 Å². The Labute approximate surface area is 177 Å². The van der Waals surface area contributed by atoms with Gasteiger partial charge in [0.25, 0.3) is 5.88 Å². The normalized spacial score (nSPS) is 13.9. The van der Waals surface area contributed by atoms with Crippen molar-refractivity contribution in [3.8, 4) is 28.6 Å². The minimum absolute atomic E-state index is 0.475. The van der Waals surface area contributed by atoms with Crippen LogP contribution < -0.4 is 19.1 Å². The number of aromatic nitrogens is 2. The fourth-order valence-corrected chi connectivity index (χ4v) is 4.12. The highest BCUT2D eigenvalue weighted by molar-refractivity contribution is 5.84. The Balaban J connectivity index is 1.93. The van der Waals surface area contributed by atoms with E-state index >= 15 is 0 Å². The van der Waals surface area contributed by atoms with Crippen LogP contribution in [0.2, 0.25) is 0 Å². The van der Waals surface area contributed by atoms with Gasteiger partial charge in [-0.15, -0.1) is 5.10 Å². The molecule has 1 fully saturated rings. The molecule has 30 heavy (non-hydrogen) atoms. The molecule has 1 saturated carbocycles. The maximum absolute atomic E-state index is 5.74. The number of pyridine rings is 1. The summed E-state index contributed by atoms with van der Waals surface area (Å²) in [5.74, 6) is 2.03. The van der Waals surface area contributed by atoms with Gasteiger partial charge in [0.15, 0.2) is 0 Å². The molecule has 1 aromatic carbocycles. The van der Waals surface area contributed by atoms with Crippen molar-refractivity contribution in [3.63, 3.8) is 0 Å². The smallest absolute Gasteiger partial charge is 0.257 e. The zero-order chi connectivity index (χ0) is 21.3. The van der Waals surface area contributed by atoms with E-state index in [1.807, 2.05) is 28.8 Å². The van der Waals surface area contributed by atoms with E-state index in [0.717, 1.165) is 28.0 Å². The zero-order valence-corrected chi connectivity index (χ0v) is 18.3. The molecule has 0 atom stereocenters. The molecule has 0 bridgehead atoms. The van der Waals surface area contributed by atoms with Gasteiger partial charge in [-0.3, -0.25) is 0 Å². The molecule has 0 spiro atoms. The molecular weight excluding hydrogens is 382 g/mol. The van der Waals surface area contributed by atoms with E-state index in [2.05, 4.69) is 18.0 Å². The minimum atomic E-state index is 0.475. The van der Waals surface area contributed by atoms with Gasteiger partial charge >= 0.3 is 0 Å². The lowest BCUT2D eigenvalue weighted by molar-refractivity contribution is 0.184. The van der Waals surface area contributed by atoms with Crippen molar-refractivity contribution in [2.24, 2.45) is 0 Å². The highest BCUT2D eigenvalue weighted by Gasteiger charge is 2.29. The van der Waals surface area contributed by atoms with Crippen molar-refractivity contribution in [1.82, 2.24) is 9.61 Å². The Hall–Kier alpha value is -2.93. The summed E-state index contributed by atoms with van der Waals surface area (Å²) in [7, 11) is 8.78. The third-order valence-electron chi connectivity index (χ3n) is 5.90. The molecule has 160 valence electrons. The van der Waals surface area contributed by atoms with E-state index in [0.29, 0.717) is 30.0 Å². The number of hydrogen-bond donors (Lipinski definition) is 0. The van der Waals surface area contributed by atoms with Crippen LogP contribution in [0.15, 0.2) is 30.3 Å². The number of anilines is 1. The third kappa shape index (κ3) is 3.33. The molecule has 1 aliphatic rings. The molecule has 7 nitrogen and oxygen atoms in total. The van der Waals surface area contributed by atoms with Crippen molar-refractivity contribution < 1.29 is 18.9 Å². The summed E-state index contributed by atoms with van der Waals surface area (Å²) in [6.45, 7) is 0.475. The molecule has 1 aliphatic carbocycles. The number of methoxy groups -OCH3 is 4. The van der Waals surface area contributed by atoms with Crippen LogP contribution in [-0.4, -0.2) is 51.1 Å². The quantitative estimate of drug-likeness (QED) is 0.555. The second-order valence-electron chi connectivity index (χ2n) is 7.57. The van der Waals surface area contributed by atoms with Gasteiger partial charge in [0.1, 0.15) is 17.2 Å². The molecule has 0 aliphatic heterocycles. The van der Waals surface area contributed by atoms with Gasteiger partial charge in [-0.2, -0.15) is 0 Å². The summed E-state index contributed by atoms with van der Waals surface area (Å²) in [6, 6.07) is 10.6. The third-order valence-corrected chi connectivity index (χ3v) is 5.90. The number of rotatable bonds is 8. The molecule has 2 heterocycles. The van der Waals surface area contributed by atoms with Gasteiger partial charge in [-0.05, 0) is 49.1 Å². The first-order valence-electron chi connectivity index (χ1n) is 10.2. The molecule has 0 radical (unpaired) electrons. The number of benzene rings is 1. The summed E-state index contributed by atoms with van der Waals surface area (Å²) < 4.78 is 24.4. The van der Waals surface area contributed by atoms with Gasteiger partial charge in [-0.1, -0.05) is 6.07 Å². The highest BCUT2D eigenvalue weighted by Crippen LogP contribution is 2.43. The second-order valence-corrected chi connectivity index (χ2v) is 7.57. The maximum atomic E-state index is 5.74. The molecule has 0 amide bonds. The molecule has 7 heteroatoms.